The van der Waals surface area contributed by atoms with Crippen molar-refractivity contribution < 1.29 is 4.42 Å². The van der Waals surface area contributed by atoms with Gasteiger partial charge in [-0.25, -0.2) is 4.98 Å². The quantitative estimate of drug-likeness (QED) is 0.902. The van der Waals surface area contributed by atoms with Crippen LogP contribution in [0.2, 0.25) is 0 Å². The summed E-state index contributed by atoms with van der Waals surface area (Å²) < 4.78 is 5.76. The second-order valence-electron chi connectivity index (χ2n) is 6.58. The van der Waals surface area contributed by atoms with E-state index in [1.165, 1.54) is 38.5 Å². The van der Waals surface area contributed by atoms with Crippen LogP contribution in [0.15, 0.2) is 4.42 Å². The molecular weight excluding hydrogens is 250 g/mol. The lowest BCUT2D eigenvalue weighted by Gasteiger charge is -2.39. The van der Waals surface area contributed by atoms with Crippen LogP contribution in [0.5, 0.6) is 0 Å². The number of nitrogens with one attached hydrogen (secondary N) is 1. The van der Waals surface area contributed by atoms with E-state index in [1.54, 1.807) is 0 Å². The maximum atomic E-state index is 5.76. The van der Waals surface area contributed by atoms with Crippen molar-refractivity contribution in [2.45, 2.75) is 64.5 Å². The molecule has 1 spiro atoms. The molecule has 1 aliphatic carbocycles. The molecule has 0 radical (unpaired) electrons. The molecule has 20 heavy (non-hydrogen) atoms. The summed E-state index contributed by atoms with van der Waals surface area (Å²) in [5.74, 6) is 1.84. The van der Waals surface area contributed by atoms with Gasteiger partial charge in [-0.15, -0.1) is 0 Å². The van der Waals surface area contributed by atoms with Gasteiger partial charge in [0.05, 0.1) is 12.2 Å². The van der Waals surface area contributed by atoms with Crippen LogP contribution in [0.1, 0.15) is 55.9 Å². The monoisotopic (exact) mass is 277 g/mol. The van der Waals surface area contributed by atoms with Gasteiger partial charge < -0.3 is 9.73 Å². The van der Waals surface area contributed by atoms with Crippen molar-refractivity contribution >= 4 is 0 Å². The first-order valence-corrected chi connectivity index (χ1v) is 8.07. The molecule has 2 heterocycles. The van der Waals surface area contributed by atoms with Gasteiger partial charge >= 0.3 is 0 Å². The number of oxazole rings is 1. The molecule has 0 atom stereocenters. The summed E-state index contributed by atoms with van der Waals surface area (Å²) in [5.41, 5.74) is 1.38. The maximum Gasteiger partial charge on any atom is 0.208 e. The third-order valence-corrected chi connectivity index (χ3v) is 4.92. The van der Waals surface area contributed by atoms with Gasteiger partial charge in [-0.05, 0) is 46.2 Å². The van der Waals surface area contributed by atoms with Crippen molar-refractivity contribution in [1.29, 1.82) is 0 Å². The zero-order chi connectivity index (χ0) is 14.0. The smallest absolute Gasteiger partial charge is 0.208 e. The Morgan fingerprint density at radius 1 is 1.20 bits per heavy atom. The molecule has 3 rings (SSSR count). The van der Waals surface area contributed by atoms with Crippen LogP contribution in [0.4, 0.5) is 0 Å². The number of rotatable bonds is 2. The molecule has 0 aromatic carbocycles. The van der Waals surface area contributed by atoms with E-state index in [9.17, 15) is 0 Å². The standard InChI is InChI=1S/C16H27N3O/c1-13-14(2)20-15(18-13)11-19-10-6-9-17-16(12-19)7-4-3-5-8-16/h17H,3-12H2,1-2H3. The van der Waals surface area contributed by atoms with Gasteiger partial charge in [0.1, 0.15) is 5.76 Å². The Morgan fingerprint density at radius 3 is 2.70 bits per heavy atom. The molecule has 1 saturated heterocycles. The highest BCUT2D eigenvalue weighted by atomic mass is 16.4. The van der Waals surface area contributed by atoms with Crippen LogP contribution in [0.25, 0.3) is 0 Å². The van der Waals surface area contributed by atoms with Crippen LogP contribution >= 0.6 is 0 Å². The zero-order valence-electron chi connectivity index (χ0n) is 12.9. The van der Waals surface area contributed by atoms with Gasteiger partial charge in [-0.2, -0.15) is 0 Å². The predicted molar refractivity (Wildman–Crippen MR) is 79.7 cm³/mol. The van der Waals surface area contributed by atoms with Crippen molar-refractivity contribution in [3.63, 3.8) is 0 Å². The maximum absolute atomic E-state index is 5.76. The first-order valence-electron chi connectivity index (χ1n) is 8.07. The average molecular weight is 277 g/mol. The number of aryl methyl sites for hydroxylation is 2. The van der Waals surface area contributed by atoms with Gasteiger partial charge in [0.25, 0.3) is 0 Å². The Balaban J connectivity index is 1.68. The van der Waals surface area contributed by atoms with E-state index in [0.29, 0.717) is 5.54 Å². The molecule has 0 unspecified atom stereocenters. The molecule has 1 aliphatic heterocycles. The van der Waals surface area contributed by atoms with E-state index in [0.717, 1.165) is 43.5 Å². The van der Waals surface area contributed by atoms with Crippen molar-refractivity contribution in [3.05, 3.63) is 17.3 Å². The third-order valence-electron chi connectivity index (χ3n) is 4.92. The number of hydrogen-bond donors (Lipinski definition) is 1. The van der Waals surface area contributed by atoms with E-state index < -0.39 is 0 Å². The van der Waals surface area contributed by atoms with Crippen LogP contribution < -0.4 is 5.32 Å². The summed E-state index contributed by atoms with van der Waals surface area (Å²) in [6.45, 7) is 8.33. The van der Waals surface area contributed by atoms with Crippen LogP contribution in [-0.2, 0) is 6.54 Å². The fourth-order valence-electron chi connectivity index (χ4n) is 3.72. The van der Waals surface area contributed by atoms with E-state index in [2.05, 4.69) is 15.2 Å². The molecule has 1 aromatic heterocycles. The van der Waals surface area contributed by atoms with Crippen molar-refractivity contribution in [1.82, 2.24) is 15.2 Å². The first-order chi connectivity index (χ1) is 9.67. The molecule has 1 saturated carbocycles. The molecule has 2 fully saturated rings. The van der Waals surface area contributed by atoms with Gasteiger partial charge in [0, 0.05) is 12.1 Å². The predicted octanol–water partition coefficient (Wildman–Crippen LogP) is 2.79. The van der Waals surface area contributed by atoms with Crippen molar-refractivity contribution in [2.75, 3.05) is 19.6 Å². The molecule has 4 heteroatoms. The first kappa shape index (κ1) is 14.1. The second-order valence-corrected chi connectivity index (χ2v) is 6.58. The van der Waals surface area contributed by atoms with E-state index in [-0.39, 0.29) is 0 Å². The summed E-state index contributed by atoms with van der Waals surface area (Å²) in [5, 5.41) is 3.84. The van der Waals surface area contributed by atoms with Gasteiger partial charge in [0.15, 0.2) is 0 Å². The molecule has 0 bridgehead atoms. The number of nitrogens with zero attached hydrogens (tertiary/aromatic N) is 2. The van der Waals surface area contributed by atoms with Crippen molar-refractivity contribution in [3.8, 4) is 0 Å². The summed E-state index contributed by atoms with van der Waals surface area (Å²) in [4.78, 5) is 7.08. The molecule has 4 nitrogen and oxygen atoms in total. The molecule has 0 amide bonds. The van der Waals surface area contributed by atoms with Gasteiger partial charge in [-0.1, -0.05) is 19.3 Å². The number of aromatic nitrogens is 1. The van der Waals surface area contributed by atoms with Crippen LogP contribution in [0.3, 0.4) is 0 Å². The van der Waals surface area contributed by atoms with Gasteiger partial charge in [0.2, 0.25) is 5.89 Å². The Hall–Kier alpha value is -0.870. The minimum Gasteiger partial charge on any atom is -0.444 e. The minimum atomic E-state index is 0.353. The highest BCUT2D eigenvalue weighted by Gasteiger charge is 2.35. The summed E-state index contributed by atoms with van der Waals surface area (Å²) in [7, 11) is 0. The third kappa shape index (κ3) is 3.07. The molecule has 1 aromatic rings. The summed E-state index contributed by atoms with van der Waals surface area (Å²) >= 11 is 0. The average Bonchev–Trinajstić information content (AvgIpc) is 2.63. The lowest BCUT2D eigenvalue weighted by Crippen LogP contribution is -2.52. The lowest BCUT2D eigenvalue weighted by molar-refractivity contribution is 0.150. The summed E-state index contributed by atoms with van der Waals surface area (Å²) in [6.07, 6.45) is 8.03. The fraction of sp³-hybridized carbons (Fsp3) is 0.812. The molecular formula is C16H27N3O. The van der Waals surface area contributed by atoms with E-state index >= 15 is 0 Å². The molecule has 1 N–H and O–H groups in total. The van der Waals surface area contributed by atoms with Gasteiger partial charge in [-0.3, -0.25) is 4.90 Å². The van der Waals surface area contributed by atoms with E-state index in [4.69, 9.17) is 4.42 Å². The summed E-state index contributed by atoms with van der Waals surface area (Å²) in [6, 6.07) is 0. The SMILES string of the molecule is Cc1nc(CN2CCCNC3(CCCCC3)C2)oc1C. The number of hydrogen-bond acceptors (Lipinski definition) is 4. The largest absolute Gasteiger partial charge is 0.444 e. The Morgan fingerprint density at radius 2 is 2.00 bits per heavy atom. The molecule has 112 valence electrons. The fourth-order valence-corrected chi connectivity index (χ4v) is 3.72. The van der Waals surface area contributed by atoms with Crippen molar-refractivity contribution in [2.24, 2.45) is 0 Å². The normalized spacial score (nSPS) is 23.9. The lowest BCUT2D eigenvalue weighted by atomic mass is 9.81. The van der Waals surface area contributed by atoms with Crippen LogP contribution in [0, 0.1) is 13.8 Å². The van der Waals surface area contributed by atoms with E-state index in [1.807, 2.05) is 13.8 Å². The highest BCUT2D eigenvalue weighted by molar-refractivity contribution is 5.05. The Kier molecular flexibility index (Phi) is 4.13. The molecule has 2 aliphatic rings. The Bertz CT molecular complexity index is 429. The topological polar surface area (TPSA) is 41.3 Å². The van der Waals surface area contributed by atoms with Crippen LogP contribution in [-0.4, -0.2) is 35.1 Å². The Labute approximate surface area is 121 Å². The zero-order valence-corrected chi connectivity index (χ0v) is 12.9. The highest BCUT2D eigenvalue weighted by Crippen LogP contribution is 2.30. The minimum absolute atomic E-state index is 0.353. The second kappa shape index (κ2) is 5.86.